The second-order valence-electron chi connectivity index (χ2n) is 5.62. The Hall–Kier alpha value is -1.02. The van der Waals surface area contributed by atoms with Gasteiger partial charge in [-0.25, -0.2) is 0 Å². The van der Waals surface area contributed by atoms with E-state index in [2.05, 4.69) is 0 Å². The van der Waals surface area contributed by atoms with Gasteiger partial charge in [-0.15, -0.1) is 0 Å². The third kappa shape index (κ3) is 3.84. The van der Waals surface area contributed by atoms with Gasteiger partial charge in [0.15, 0.2) is 0 Å². The summed E-state index contributed by atoms with van der Waals surface area (Å²) in [6.45, 7) is 4.40. The quantitative estimate of drug-likeness (QED) is 0.392. The summed E-state index contributed by atoms with van der Waals surface area (Å²) < 4.78 is 0. The molecular formula is C14H20N2O4S2. The molecule has 2 atom stereocenters. The van der Waals surface area contributed by atoms with E-state index in [-0.39, 0.29) is 35.5 Å². The first-order valence-electron chi connectivity index (χ1n) is 7.34. The predicted octanol–water partition coefficient (Wildman–Crippen LogP) is 1.16. The maximum atomic E-state index is 11.7. The van der Waals surface area contributed by atoms with Crippen molar-refractivity contribution < 1.29 is 19.2 Å². The van der Waals surface area contributed by atoms with Gasteiger partial charge in [-0.1, -0.05) is 35.4 Å². The van der Waals surface area contributed by atoms with E-state index in [9.17, 15) is 19.2 Å². The Kier molecular flexibility index (Phi) is 5.91. The summed E-state index contributed by atoms with van der Waals surface area (Å²) in [4.78, 5) is 49.3. The van der Waals surface area contributed by atoms with E-state index in [1.165, 1.54) is 9.80 Å². The van der Waals surface area contributed by atoms with Gasteiger partial charge in [-0.3, -0.25) is 29.0 Å². The second kappa shape index (κ2) is 7.50. The van der Waals surface area contributed by atoms with Crippen molar-refractivity contribution in [2.75, 3.05) is 24.6 Å². The first-order chi connectivity index (χ1) is 10.4. The second-order valence-corrected chi connectivity index (χ2v) is 8.32. The van der Waals surface area contributed by atoms with E-state index in [4.69, 9.17) is 0 Å². The number of hydrogen-bond acceptors (Lipinski definition) is 6. The summed E-state index contributed by atoms with van der Waals surface area (Å²) >= 11 is 0. The number of hydrogen-bond donors (Lipinski definition) is 0. The lowest BCUT2D eigenvalue weighted by Crippen LogP contribution is -2.32. The van der Waals surface area contributed by atoms with Gasteiger partial charge in [0.25, 0.3) is 0 Å². The molecule has 122 valence electrons. The van der Waals surface area contributed by atoms with E-state index in [1.54, 1.807) is 35.4 Å². The summed E-state index contributed by atoms with van der Waals surface area (Å²) in [5.74, 6) is 0.574. The van der Waals surface area contributed by atoms with Gasteiger partial charge in [-0.05, 0) is 0 Å². The lowest BCUT2D eigenvalue weighted by Gasteiger charge is -2.15. The molecule has 22 heavy (non-hydrogen) atoms. The number of carbonyl (C=O) groups is 4. The van der Waals surface area contributed by atoms with Crippen LogP contribution >= 0.6 is 21.6 Å². The third-order valence-electron chi connectivity index (χ3n) is 3.82. The highest BCUT2D eigenvalue weighted by Gasteiger charge is 2.35. The molecule has 0 aliphatic carbocycles. The monoisotopic (exact) mass is 344 g/mol. The molecule has 0 saturated carbocycles. The molecule has 2 fully saturated rings. The van der Waals surface area contributed by atoms with E-state index in [0.717, 1.165) is 0 Å². The molecule has 8 heteroatoms. The number of likely N-dealkylation sites (tertiary alicyclic amines) is 2. The van der Waals surface area contributed by atoms with Crippen LogP contribution in [-0.4, -0.2) is 58.0 Å². The van der Waals surface area contributed by atoms with Crippen LogP contribution in [0.2, 0.25) is 0 Å². The molecule has 2 rings (SSSR count). The van der Waals surface area contributed by atoms with Crippen molar-refractivity contribution in [2.45, 2.75) is 26.7 Å². The molecule has 0 aromatic carbocycles. The van der Waals surface area contributed by atoms with Crippen LogP contribution in [0.25, 0.3) is 0 Å². The summed E-state index contributed by atoms with van der Waals surface area (Å²) in [5.41, 5.74) is 0. The Balaban J connectivity index is 1.60. The average molecular weight is 344 g/mol. The van der Waals surface area contributed by atoms with Crippen molar-refractivity contribution in [1.82, 2.24) is 9.80 Å². The maximum absolute atomic E-state index is 11.7. The van der Waals surface area contributed by atoms with Crippen LogP contribution in [0, 0.1) is 11.8 Å². The minimum Gasteiger partial charge on any atom is -0.282 e. The Morgan fingerprint density at radius 3 is 1.45 bits per heavy atom. The third-order valence-corrected chi connectivity index (χ3v) is 6.18. The van der Waals surface area contributed by atoms with Gasteiger partial charge in [0.05, 0.1) is 0 Å². The fourth-order valence-electron chi connectivity index (χ4n) is 2.54. The Morgan fingerprint density at radius 1 is 0.818 bits per heavy atom. The summed E-state index contributed by atoms with van der Waals surface area (Å²) in [6, 6.07) is 0. The summed E-state index contributed by atoms with van der Waals surface area (Å²) in [7, 11) is 3.11. The van der Waals surface area contributed by atoms with E-state index < -0.39 is 0 Å². The normalized spacial score (nSPS) is 25.7. The zero-order valence-electron chi connectivity index (χ0n) is 12.7. The molecular weight excluding hydrogens is 324 g/mol. The molecule has 2 aliphatic rings. The lowest BCUT2D eigenvalue weighted by atomic mass is 10.1. The number of imide groups is 2. The van der Waals surface area contributed by atoms with Crippen molar-refractivity contribution in [2.24, 2.45) is 11.8 Å². The summed E-state index contributed by atoms with van der Waals surface area (Å²) in [5, 5.41) is 0. The SMILES string of the molecule is CC1CC(=O)N(CCSSCCN2C(=O)CC(C)C2=O)C1=O. The van der Waals surface area contributed by atoms with Crippen LogP contribution in [-0.2, 0) is 19.2 Å². The van der Waals surface area contributed by atoms with Crippen LogP contribution in [0.5, 0.6) is 0 Å². The highest BCUT2D eigenvalue weighted by Crippen LogP contribution is 2.25. The van der Waals surface area contributed by atoms with Crippen LogP contribution in [0.1, 0.15) is 26.7 Å². The van der Waals surface area contributed by atoms with E-state index in [0.29, 0.717) is 37.4 Å². The van der Waals surface area contributed by atoms with Gasteiger partial charge >= 0.3 is 0 Å². The van der Waals surface area contributed by atoms with E-state index in [1.807, 2.05) is 0 Å². The van der Waals surface area contributed by atoms with Crippen molar-refractivity contribution in [1.29, 1.82) is 0 Å². The van der Waals surface area contributed by atoms with E-state index >= 15 is 0 Å². The number of nitrogens with zero attached hydrogens (tertiary/aromatic N) is 2. The molecule has 2 heterocycles. The Bertz CT molecular complexity index is 453. The molecule has 0 radical (unpaired) electrons. The topological polar surface area (TPSA) is 74.8 Å². The fourth-order valence-corrected chi connectivity index (χ4v) is 4.45. The number of carbonyl (C=O) groups excluding carboxylic acids is 4. The van der Waals surface area contributed by atoms with Crippen molar-refractivity contribution in [3.05, 3.63) is 0 Å². The minimum absolute atomic E-state index is 0.0853. The van der Waals surface area contributed by atoms with Crippen LogP contribution in [0.3, 0.4) is 0 Å². The first-order valence-corrected chi connectivity index (χ1v) is 9.83. The molecule has 0 aromatic heterocycles. The van der Waals surface area contributed by atoms with Crippen LogP contribution in [0.15, 0.2) is 0 Å². The zero-order valence-corrected chi connectivity index (χ0v) is 14.4. The standard InChI is InChI=1S/C14H20N2O4S2/c1-9-7-11(17)15(13(9)19)3-5-21-22-6-4-16-12(18)8-10(2)14(16)20/h9-10H,3-8H2,1-2H3. The molecule has 0 spiro atoms. The van der Waals surface area contributed by atoms with Crippen molar-refractivity contribution in [3.63, 3.8) is 0 Å². The van der Waals surface area contributed by atoms with Gasteiger partial charge in [0, 0.05) is 49.3 Å². The highest BCUT2D eigenvalue weighted by molar-refractivity contribution is 8.76. The van der Waals surface area contributed by atoms with Gasteiger partial charge < -0.3 is 0 Å². The predicted molar refractivity (Wildman–Crippen MR) is 85.9 cm³/mol. The molecule has 2 unspecified atom stereocenters. The van der Waals surface area contributed by atoms with Crippen molar-refractivity contribution in [3.8, 4) is 0 Å². The molecule has 2 saturated heterocycles. The molecule has 6 nitrogen and oxygen atoms in total. The molecule has 2 aliphatic heterocycles. The molecule has 0 bridgehead atoms. The lowest BCUT2D eigenvalue weighted by molar-refractivity contribution is -0.140. The summed E-state index contributed by atoms with van der Waals surface area (Å²) in [6.07, 6.45) is 0.627. The Labute approximate surface area is 137 Å². The Morgan fingerprint density at radius 2 is 1.18 bits per heavy atom. The van der Waals surface area contributed by atoms with Crippen molar-refractivity contribution >= 4 is 45.2 Å². The largest absolute Gasteiger partial charge is 0.282 e. The molecule has 0 aromatic rings. The number of rotatable bonds is 7. The minimum atomic E-state index is -0.195. The van der Waals surface area contributed by atoms with Gasteiger partial charge in [-0.2, -0.15) is 0 Å². The first kappa shape index (κ1) is 17.3. The average Bonchev–Trinajstić information content (AvgIpc) is 2.84. The number of amides is 4. The zero-order chi connectivity index (χ0) is 16.3. The van der Waals surface area contributed by atoms with Gasteiger partial charge in [0.1, 0.15) is 0 Å². The smallest absolute Gasteiger partial charge is 0.232 e. The molecule has 4 amide bonds. The highest BCUT2D eigenvalue weighted by atomic mass is 33.1. The maximum Gasteiger partial charge on any atom is 0.232 e. The van der Waals surface area contributed by atoms with Crippen LogP contribution in [0.4, 0.5) is 0 Å². The fraction of sp³-hybridized carbons (Fsp3) is 0.714. The van der Waals surface area contributed by atoms with Crippen LogP contribution < -0.4 is 0 Å². The molecule has 0 N–H and O–H groups in total. The van der Waals surface area contributed by atoms with Gasteiger partial charge in [0.2, 0.25) is 23.6 Å².